The van der Waals surface area contributed by atoms with E-state index in [1.54, 1.807) is 43.4 Å². The molecule has 0 saturated carbocycles. The molecule has 0 aromatic heterocycles. The van der Waals surface area contributed by atoms with Crippen LogP contribution in [0.3, 0.4) is 0 Å². The predicted molar refractivity (Wildman–Crippen MR) is 108 cm³/mol. The summed E-state index contributed by atoms with van der Waals surface area (Å²) in [5.41, 5.74) is -0.478. The maximum absolute atomic E-state index is 13.8. The van der Waals surface area contributed by atoms with E-state index in [-0.39, 0.29) is 18.0 Å². The second kappa shape index (κ2) is 7.14. The average molecular weight is 390 g/mol. The Morgan fingerprint density at radius 2 is 1.72 bits per heavy atom. The summed E-state index contributed by atoms with van der Waals surface area (Å²) in [5.74, 6) is -1.55. The molecule has 2 amide bonds. The molecule has 0 aliphatic carbocycles. The Labute approximate surface area is 167 Å². The van der Waals surface area contributed by atoms with Crippen molar-refractivity contribution in [1.82, 2.24) is 0 Å². The number of anilines is 2. The summed E-state index contributed by atoms with van der Waals surface area (Å²) in [6.07, 6.45) is 0. The van der Waals surface area contributed by atoms with Crippen LogP contribution in [0.5, 0.6) is 0 Å². The third kappa shape index (κ3) is 3.07. The molecule has 1 aliphatic heterocycles. The Morgan fingerprint density at radius 3 is 2.45 bits per heavy atom. The molecule has 1 heterocycles. The molecule has 146 valence electrons. The summed E-state index contributed by atoms with van der Waals surface area (Å²) in [4.78, 5) is 28.8. The summed E-state index contributed by atoms with van der Waals surface area (Å²) in [5, 5.41) is 11.4. The van der Waals surface area contributed by atoms with E-state index in [9.17, 15) is 19.1 Å². The van der Waals surface area contributed by atoms with Gasteiger partial charge in [0.1, 0.15) is 12.4 Å². The minimum Gasteiger partial charge on any atom is -0.372 e. The standard InChI is InChI=1S/C23H19FN2O3/c1-25(18-10-3-2-4-11-18)21(27)15-26-20-13-6-5-12-19(20)23(29,22(26)28)16-8-7-9-17(24)14-16/h2-14,29H,15H2,1H3/t23-/m1/s1. The Kier molecular flexibility index (Phi) is 4.64. The number of likely N-dealkylation sites (N-methyl/N-ethyl adjacent to an activating group) is 1. The number of benzene rings is 3. The lowest BCUT2D eigenvalue weighted by molar-refractivity contribution is -0.133. The van der Waals surface area contributed by atoms with Gasteiger partial charge in [-0.15, -0.1) is 0 Å². The summed E-state index contributed by atoms with van der Waals surface area (Å²) in [6.45, 7) is -0.251. The van der Waals surface area contributed by atoms with E-state index in [1.165, 1.54) is 28.0 Å². The van der Waals surface area contributed by atoms with Crippen LogP contribution in [0.1, 0.15) is 11.1 Å². The summed E-state index contributed by atoms with van der Waals surface area (Å²) in [7, 11) is 1.63. The number of rotatable bonds is 4. The van der Waals surface area contributed by atoms with Gasteiger partial charge in [-0.3, -0.25) is 14.5 Å². The molecule has 0 unspecified atom stereocenters. The van der Waals surface area contributed by atoms with Crippen molar-refractivity contribution in [2.24, 2.45) is 0 Å². The van der Waals surface area contributed by atoms with Gasteiger partial charge in [0, 0.05) is 23.9 Å². The minimum absolute atomic E-state index is 0.126. The van der Waals surface area contributed by atoms with Gasteiger partial charge in [0.2, 0.25) is 5.91 Å². The molecule has 1 atom stereocenters. The van der Waals surface area contributed by atoms with Crippen molar-refractivity contribution in [2.75, 3.05) is 23.4 Å². The van der Waals surface area contributed by atoms with E-state index in [4.69, 9.17) is 0 Å². The van der Waals surface area contributed by atoms with Crippen molar-refractivity contribution < 1.29 is 19.1 Å². The van der Waals surface area contributed by atoms with Crippen LogP contribution in [0, 0.1) is 5.82 Å². The van der Waals surface area contributed by atoms with Crippen molar-refractivity contribution in [3.8, 4) is 0 Å². The molecule has 0 radical (unpaired) electrons. The lowest BCUT2D eigenvalue weighted by atomic mass is 9.87. The Balaban J connectivity index is 1.71. The highest BCUT2D eigenvalue weighted by atomic mass is 19.1. The molecular weight excluding hydrogens is 371 g/mol. The summed E-state index contributed by atoms with van der Waals surface area (Å²) in [6, 6.07) is 21.1. The fourth-order valence-electron chi connectivity index (χ4n) is 3.62. The SMILES string of the molecule is CN(C(=O)CN1C(=O)[C@@](O)(c2cccc(F)c2)c2ccccc21)c1ccccc1. The van der Waals surface area contributed by atoms with Crippen LogP contribution >= 0.6 is 0 Å². The first-order valence-corrected chi connectivity index (χ1v) is 9.14. The minimum atomic E-state index is -2.05. The van der Waals surface area contributed by atoms with Crippen LogP contribution < -0.4 is 9.80 Å². The van der Waals surface area contributed by atoms with Crippen LogP contribution in [0.2, 0.25) is 0 Å². The van der Waals surface area contributed by atoms with Crippen molar-refractivity contribution in [3.05, 3.63) is 95.8 Å². The van der Waals surface area contributed by atoms with Crippen molar-refractivity contribution in [3.63, 3.8) is 0 Å². The van der Waals surface area contributed by atoms with Crippen molar-refractivity contribution in [2.45, 2.75) is 5.60 Å². The number of hydrogen-bond acceptors (Lipinski definition) is 3. The monoisotopic (exact) mass is 390 g/mol. The number of hydrogen-bond donors (Lipinski definition) is 1. The Bertz CT molecular complexity index is 1090. The molecule has 6 heteroatoms. The first-order chi connectivity index (χ1) is 13.9. The second-order valence-electron chi connectivity index (χ2n) is 6.92. The fourth-order valence-corrected chi connectivity index (χ4v) is 3.62. The first-order valence-electron chi connectivity index (χ1n) is 9.14. The smallest absolute Gasteiger partial charge is 0.268 e. The van der Waals surface area contributed by atoms with Gasteiger partial charge in [-0.1, -0.05) is 48.5 Å². The van der Waals surface area contributed by atoms with Gasteiger partial charge in [0.25, 0.3) is 5.91 Å². The fraction of sp³-hybridized carbons (Fsp3) is 0.130. The lowest BCUT2D eigenvalue weighted by Crippen LogP contribution is -2.45. The zero-order valence-corrected chi connectivity index (χ0v) is 15.7. The van der Waals surface area contributed by atoms with E-state index in [2.05, 4.69) is 0 Å². The van der Waals surface area contributed by atoms with E-state index in [0.717, 1.165) is 6.07 Å². The van der Waals surface area contributed by atoms with Gasteiger partial charge in [0.05, 0.1) is 5.69 Å². The van der Waals surface area contributed by atoms with Gasteiger partial charge >= 0.3 is 0 Å². The summed E-state index contributed by atoms with van der Waals surface area (Å²) < 4.78 is 13.8. The molecule has 1 aliphatic rings. The highest BCUT2D eigenvalue weighted by Gasteiger charge is 2.51. The number of fused-ring (bicyclic) bond motifs is 1. The van der Waals surface area contributed by atoms with E-state index < -0.39 is 17.3 Å². The third-order valence-electron chi connectivity index (χ3n) is 5.19. The molecule has 5 nitrogen and oxygen atoms in total. The largest absolute Gasteiger partial charge is 0.372 e. The number of amides is 2. The molecule has 0 bridgehead atoms. The van der Waals surface area contributed by atoms with Gasteiger partial charge in [0.15, 0.2) is 5.60 Å². The number of aliphatic hydroxyl groups is 1. The quantitative estimate of drug-likeness (QED) is 0.745. The molecule has 0 spiro atoms. The van der Waals surface area contributed by atoms with Crippen LogP contribution in [0.25, 0.3) is 0 Å². The molecule has 0 saturated heterocycles. The van der Waals surface area contributed by atoms with Crippen molar-refractivity contribution in [1.29, 1.82) is 0 Å². The van der Waals surface area contributed by atoms with Crippen LogP contribution in [0.15, 0.2) is 78.9 Å². The van der Waals surface area contributed by atoms with Crippen molar-refractivity contribution >= 4 is 23.2 Å². The number of nitrogens with zero attached hydrogens (tertiary/aromatic N) is 2. The highest BCUT2D eigenvalue weighted by molar-refractivity contribution is 6.12. The first kappa shape index (κ1) is 18.8. The molecule has 3 aromatic carbocycles. The molecular formula is C23H19FN2O3. The number of carbonyl (C=O) groups is 2. The van der Waals surface area contributed by atoms with Gasteiger partial charge < -0.3 is 10.0 Å². The van der Waals surface area contributed by atoms with Gasteiger partial charge in [-0.25, -0.2) is 4.39 Å². The summed E-state index contributed by atoms with van der Waals surface area (Å²) >= 11 is 0. The molecule has 4 rings (SSSR count). The van der Waals surface area contributed by atoms with Crippen LogP contribution in [-0.2, 0) is 15.2 Å². The Morgan fingerprint density at radius 1 is 1.03 bits per heavy atom. The molecule has 1 N–H and O–H groups in total. The van der Waals surface area contributed by atoms with Gasteiger partial charge in [-0.2, -0.15) is 0 Å². The average Bonchev–Trinajstić information content (AvgIpc) is 2.97. The predicted octanol–water partition coefficient (Wildman–Crippen LogP) is 3.07. The van der Waals surface area contributed by atoms with Crippen LogP contribution in [-0.4, -0.2) is 30.5 Å². The normalized spacial score (nSPS) is 17.9. The molecule has 29 heavy (non-hydrogen) atoms. The van der Waals surface area contributed by atoms with E-state index in [1.807, 2.05) is 18.2 Å². The van der Waals surface area contributed by atoms with Crippen LogP contribution in [0.4, 0.5) is 15.8 Å². The second-order valence-corrected chi connectivity index (χ2v) is 6.92. The zero-order valence-electron chi connectivity index (χ0n) is 15.7. The maximum Gasteiger partial charge on any atom is 0.268 e. The van der Waals surface area contributed by atoms with Gasteiger partial charge in [-0.05, 0) is 30.3 Å². The number of para-hydroxylation sites is 2. The van der Waals surface area contributed by atoms with E-state index in [0.29, 0.717) is 16.9 Å². The van der Waals surface area contributed by atoms with E-state index >= 15 is 0 Å². The lowest BCUT2D eigenvalue weighted by Gasteiger charge is -2.25. The third-order valence-corrected chi connectivity index (χ3v) is 5.19. The number of carbonyl (C=O) groups excluding carboxylic acids is 2. The zero-order chi connectivity index (χ0) is 20.6. The Hall–Kier alpha value is -3.51. The maximum atomic E-state index is 13.8. The molecule has 0 fully saturated rings. The highest BCUT2D eigenvalue weighted by Crippen LogP contribution is 2.44. The topological polar surface area (TPSA) is 60.9 Å². The molecule has 3 aromatic rings. The number of halogens is 1.